The van der Waals surface area contributed by atoms with Gasteiger partial charge in [-0.05, 0) is 5.56 Å². The van der Waals surface area contributed by atoms with Gasteiger partial charge in [0.15, 0.2) is 5.88 Å². The number of benzene rings is 1. The summed E-state index contributed by atoms with van der Waals surface area (Å²) < 4.78 is 42.4. The number of hydrogen-bond donors (Lipinski definition) is 1. The Bertz CT molecular complexity index is 897. The zero-order valence-electron chi connectivity index (χ0n) is 13.0. The summed E-state index contributed by atoms with van der Waals surface area (Å²) in [6, 6.07) is 8.88. The maximum absolute atomic E-state index is 12.5. The van der Waals surface area contributed by atoms with Crippen molar-refractivity contribution in [3.8, 4) is 5.88 Å². The van der Waals surface area contributed by atoms with E-state index in [1.807, 2.05) is 0 Å². The van der Waals surface area contributed by atoms with E-state index in [1.54, 1.807) is 30.3 Å². The van der Waals surface area contributed by atoms with E-state index >= 15 is 0 Å². The van der Waals surface area contributed by atoms with Crippen LogP contribution >= 0.6 is 0 Å². The highest BCUT2D eigenvalue weighted by Gasteiger charge is 2.24. The molecule has 1 N–H and O–H groups in total. The van der Waals surface area contributed by atoms with Gasteiger partial charge < -0.3 is 9.47 Å². The van der Waals surface area contributed by atoms with Gasteiger partial charge >= 0.3 is 6.16 Å². The molecule has 130 valence electrons. The van der Waals surface area contributed by atoms with Crippen LogP contribution in [0.25, 0.3) is 0 Å². The fraction of sp³-hybridized carbons (Fsp3) is 0.286. The number of carbonyl (C=O) groups is 1. The zero-order chi connectivity index (χ0) is 17.9. The van der Waals surface area contributed by atoms with Gasteiger partial charge in [-0.15, -0.1) is 0 Å². The van der Waals surface area contributed by atoms with Gasteiger partial charge in [0.1, 0.15) is 0 Å². The molecule has 0 unspecified atom stereocenters. The first kappa shape index (κ1) is 17.8. The van der Waals surface area contributed by atoms with Crippen molar-refractivity contribution in [3.63, 3.8) is 0 Å². The van der Waals surface area contributed by atoms with Gasteiger partial charge in [-0.2, -0.15) is 8.42 Å². The average Bonchev–Trinajstić information content (AvgIpc) is 2.72. The fourth-order valence-corrected chi connectivity index (χ4v) is 2.79. The Balaban J connectivity index is 2.55. The summed E-state index contributed by atoms with van der Waals surface area (Å²) in [5, 5.41) is 0. The molecule has 0 fully saturated rings. The molecule has 1 aromatic carbocycles. The summed E-state index contributed by atoms with van der Waals surface area (Å²) in [5.74, 6) is -1.12. The summed E-state index contributed by atoms with van der Waals surface area (Å²) in [4.78, 5) is 23.9. The minimum absolute atomic E-state index is 0.0674. The first-order valence-corrected chi connectivity index (χ1v) is 8.37. The van der Waals surface area contributed by atoms with E-state index in [0.29, 0.717) is 0 Å². The van der Waals surface area contributed by atoms with Crippen LogP contribution in [0.2, 0.25) is 0 Å². The average molecular weight is 356 g/mol. The van der Waals surface area contributed by atoms with Gasteiger partial charge in [-0.3, -0.25) is 14.0 Å². The normalized spacial score (nSPS) is 11.3. The SMILES string of the molecule is COC(=O)Oc1c(Cc2ccccc2)c(=O)n(CS(=O)(=O)O)n1C. The summed E-state index contributed by atoms with van der Waals surface area (Å²) in [6.45, 7) is 0. The second-order valence-corrected chi connectivity index (χ2v) is 6.36. The molecule has 0 aliphatic heterocycles. The maximum atomic E-state index is 12.5. The number of ether oxygens (including phenoxy) is 2. The predicted octanol–water partition coefficient (Wildman–Crippen LogP) is 0.768. The molecule has 0 aliphatic carbocycles. The van der Waals surface area contributed by atoms with Crippen molar-refractivity contribution in [1.29, 1.82) is 0 Å². The second-order valence-electron chi connectivity index (χ2n) is 4.94. The quantitative estimate of drug-likeness (QED) is 0.621. The molecule has 10 heteroatoms. The summed E-state index contributed by atoms with van der Waals surface area (Å²) in [5.41, 5.74) is 0.129. The summed E-state index contributed by atoms with van der Waals surface area (Å²) in [6.07, 6.45) is -0.942. The standard InChI is InChI=1S/C14H16N2O7S/c1-15-13(23-14(18)22-2)11(8-10-6-4-3-5-7-10)12(17)16(15)9-24(19,20)21/h3-7H,8-9H2,1-2H3,(H,19,20,21). The number of rotatable bonds is 5. The zero-order valence-corrected chi connectivity index (χ0v) is 13.8. The molecule has 9 nitrogen and oxygen atoms in total. The van der Waals surface area contributed by atoms with E-state index in [-0.39, 0.29) is 17.9 Å². The molecule has 2 rings (SSSR count). The third-order valence-corrected chi connectivity index (χ3v) is 3.83. The van der Waals surface area contributed by atoms with Crippen LogP contribution < -0.4 is 10.3 Å². The van der Waals surface area contributed by atoms with E-state index in [9.17, 15) is 18.0 Å². The summed E-state index contributed by atoms with van der Waals surface area (Å²) in [7, 11) is -2.03. The second kappa shape index (κ2) is 6.89. The van der Waals surface area contributed by atoms with E-state index in [4.69, 9.17) is 9.29 Å². The lowest BCUT2D eigenvalue weighted by Gasteiger charge is -2.08. The Morgan fingerprint density at radius 2 is 1.88 bits per heavy atom. The number of aromatic nitrogens is 2. The lowest BCUT2D eigenvalue weighted by molar-refractivity contribution is 0.117. The highest BCUT2D eigenvalue weighted by atomic mass is 32.2. The van der Waals surface area contributed by atoms with Crippen LogP contribution in [0.1, 0.15) is 11.1 Å². The van der Waals surface area contributed by atoms with E-state index in [1.165, 1.54) is 7.05 Å². The van der Waals surface area contributed by atoms with Crippen molar-refractivity contribution in [2.24, 2.45) is 7.05 Å². The van der Waals surface area contributed by atoms with E-state index in [2.05, 4.69) is 4.74 Å². The number of nitrogens with zero attached hydrogens (tertiary/aromatic N) is 2. The molecule has 0 radical (unpaired) electrons. The van der Waals surface area contributed by atoms with Gasteiger partial charge in [0.05, 0.1) is 12.7 Å². The third-order valence-electron chi connectivity index (χ3n) is 3.26. The fourth-order valence-electron chi connectivity index (χ4n) is 2.19. The topological polar surface area (TPSA) is 117 Å². The van der Waals surface area contributed by atoms with Crippen molar-refractivity contribution in [1.82, 2.24) is 9.36 Å². The molecule has 0 bridgehead atoms. The van der Waals surface area contributed by atoms with Gasteiger partial charge in [-0.1, -0.05) is 30.3 Å². The Morgan fingerprint density at radius 1 is 1.25 bits per heavy atom. The molecule has 1 aromatic heterocycles. The van der Waals surface area contributed by atoms with Gasteiger partial charge in [0.25, 0.3) is 15.7 Å². The molecule has 0 atom stereocenters. The van der Waals surface area contributed by atoms with Gasteiger partial charge in [0, 0.05) is 13.5 Å². The largest absolute Gasteiger partial charge is 0.514 e. The van der Waals surface area contributed by atoms with Crippen molar-refractivity contribution in [2.75, 3.05) is 7.11 Å². The number of hydrogen-bond acceptors (Lipinski definition) is 6. The maximum Gasteiger partial charge on any atom is 0.514 e. The molecular formula is C14H16N2O7S. The molecule has 0 saturated carbocycles. The first-order valence-electron chi connectivity index (χ1n) is 6.76. The first-order chi connectivity index (χ1) is 11.2. The van der Waals surface area contributed by atoms with Crippen LogP contribution in [-0.2, 0) is 34.2 Å². The Hall–Kier alpha value is -2.59. The highest BCUT2D eigenvalue weighted by molar-refractivity contribution is 7.84. The molecule has 1 heterocycles. The monoisotopic (exact) mass is 356 g/mol. The van der Waals surface area contributed by atoms with Crippen molar-refractivity contribution >= 4 is 16.3 Å². The molecule has 0 aliphatic rings. The molecule has 0 amide bonds. The highest BCUT2D eigenvalue weighted by Crippen LogP contribution is 2.20. The number of carbonyl (C=O) groups excluding carboxylic acids is 1. The Kier molecular flexibility index (Phi) is 5.10. The van der Waals surface area contributed by atoms with Crippen LogP contribution in [0.3, 0.4) is 0 Å². The van der Waals surface area contributed by atoms with Crippen molar-refractivity contribution < 1.29 is 27.2 Å². The minimum Gasteiger partial charge on any atom is -0.437 e. The van der Waals surface area contributed by atoms with Crippen molar-refractivity contribution in [3.05, 3.63) is 51.8 Å². The van der Waals surface area contributed by atoms with Gasteiger partial charge in [-0.25, -0.2) is 9.48 Å². The van der Waals surface area contributed by atoms with Crippen LogP contribution in [0, 0.1) is 0 Å². The third kappa shape index (κ3) is 4.03. The van der Waals surface area contributed by atoms with Gasteiger partial charge in [0.2, 0.25) is 5.88 Å². The van der Waals surface area contributed by atoms with Crippen LogP contribution in [0.5, 0.6) is 5.88 Å². The lowest BCUT2D eigenvalue weighted by atomic mass is 10.1. The lowest BCUT2D eigenvalue weighted by Crippen LogP contribution is -2.26. The smallest absolute Gasteiger partial charge is 0.437 e. The molecule has 0 spiro atoms. The van der Waals surface area contributed by atoms with E-state index in [0.717, 1.165) is 22.0 Å². The van der Waals surface area contributed by atoms with Crippen LogP contribution in [-0.4, -0.2) is 35.6 Å². The van der Waals surface area contributed by atoms with Crippen molar-refractivity contribution in [2.45, 2.75) is 12.3 Å². The van der Waals surface area contributed by atoms with Crippen LogP contribution in [0.15, 0.2) is 35.1 Å². The molecule has 24 heavy (non-hydrogen) atoms. The predicted molar refractivity (Wildman–Crippen MR) is 83.5 cm³/mol. The Morgan fingerprint density at radius 3 is 2.42 bits per heavy atom. The summed E-state index contributed by atoms with van der Waals surface area (Å²) >= 11 is 0. The molecular weight excluding hydrogens is 340 g/mol. The van der Waals surface area contributed by atoms with E-state index < -0.39 is 27.7 Å². The molecule has 2 aromatic rings. The Labute approximate surface area is 137 Å². The minimum atomic E-state index is -4.46. The van der Waals surface area contributed by atoms with Crippen LogP contribution in [0.4, 0.5) is 4.79 Å². The molecule has 0 saturated heterocycles. The number of methoxy groups -OCH3 is 1.